The van der Waals surface area contributed by atoms with E-state index < -0.39 is 6.61 Å². The molecule has 9 heteroatoms. The van der Waals surface area contributed by atoms with Gasteiger partial charge in [0.05, 0.1) is 6.42 Å². The fourth-order valence-electron chi connectivity index (χ4n) is 4.46. The van der Waals surface area contributed by atoms with Gasteiger partial charge in [-0.05, 0) is 50.8 Å². The second-order valence-electron chi connectivity index (χ2n) is 7.29. The molecule has 2 fully saturated rings. The van der Waals surface area contributed by atoms with Gasteiger partial charge in [0.2, 0.25) is 6.33 Å². The van der Waals surface area contributed by atoms with E-state index in [-0.39, 0.29) is 18.1 Å². The minimum absolute atomic E-state index is 0.00519. The van der Waals surface area contributed by atoms with Crippen LogP contribution >= 0.6 is 0 Å². The van der Waals surface area contributed by atoms with Gasteiger partial charge in [-0.2, -0.15) is 13.3 Å². The molecule has 4 rings (SSSR count). The van der Waals surface area contributed by atoms with Gasteiger partial charge in [-0.3, -0.25) is 4.79 Å². The molecule has 0 amide bonds. The van der Waals surface area contributed by atoms with Crippen LogP contribution in [0.1, 0.15) is 36.9 Å². The monoisotopic (exact) mass is 396 g/mol. The third kappa shape index (κ3) is 4.30. The van der Waals surface area contributed by atoms with E-state index in [2.05, 4.69) is 21.7 Å². The molecule has 2 bridgehead atoms. The van der Waals surface area contributed by atoms with Gasteiger partial charge in [-0.25, -0.2) is 9.78 Å². The van der Waals surface area contributed by atoms with Crippen LogP contribution in [0, 0.1) is 5.92 Å². The lowest BCUT2D eigenvalue weighted by molar-refractivity contribution is -0.345. The van der Waals surface area contributed by atoms with E-state index in [0.717, 1.165) is 18.4 Å². The number of aromatic amines is 1. The molecule has 2 atom stereocenters. The zero-order valence-electron chi connectivity index (χ0n) is 15.6. The summed E-state index contributed by atoms with van der Waals surface area (Å²) in [6.45, 7) is -3.13. The van der Waals surface area contributed by atoms with Crippen LogP contribution in [0.2, 0.25) is 0 Å². The minimum atomic E-state index is -2.88. The first-order valence-corrected chi connectivity index (χ1v) is 9.23. The molecule has 0 aliphatic carbocycles. The van der Waals surface area contributed by atoms with Crippen LogP contribution in [0.3, 0.4) is 0 Å². The highest BCUT2D eigenvalue weighted by Gasteiger charge is 2.39. The van der Waals surface area contributed by atoms with Crippen LogP contribution in [0.15, 0.2) is 24.5 Å². The molecule has 2 aromatic rings. The highest BCUT2D eigenvalue weighted by Crippen LogP contribution is 2.38. The summed E-state index contributed by atoms with van der Waals surface area (Å²) in [5, 5.41) is 6.89. The molecule has 1 aromatic heterocycles. The summed E-state index contributed by atoms with van der Waals surface area (Å²) in [6.07, 6.45) is 6.64. The molecule has 1 aromatic carbocycles. The van der Waals surface area contributed by atoms with Gasteiger partial charge >= 0.3 is 12.5 Å². The number of aromatic nitrogens is 2. The Morgan fingerprint density at radius 3 is 2.61 bits per heavy atom. The van der Waals surface area contributed by atoms with Gasteiger partial charge in [0.1, 0.15) is 5.75 Å². The number of alkyl halides is 2. The second-order valence-corrected chi connectivity index (χ2v) is 7.29. The molecule has 0 saturated carbocycles. The minimum Gasteiger partial charge on any atom is -0.483 e. The number of carbonyl (C=O) groups excluding carboxylic acids is 1. The normalized spacial score (nSPS) is 24.1. The summed E-state index contributed by atoms with van der Waals surface area (Å²) in [5.74, 6) is 0.439. The quantitative estimate of drug-likeness (QED) is 0.803. The van der Waals surface area contributed by atoms with Crippen molar-refractivity contribution in [3.8, 4) is 5.75 Å². The maximum Gasteiger partial charge on any atom is 0.387 e. The van der Waals surface area contributed by atoms with Crippen molar-refractivity contribution in [3.05, 3.63) is 24.5 Å². The number of imidazole rings is 1. The summed E-state index contributed by atoms with van der Waals surface area (Å²) < 4.78 is 30.8. The summed E-state index contributed by atoms with van der Waals surface area (Å²) in [7, 11) is 2.18. The Kier molecular flexibility index (Phi) is 6.23. The van der Waals surface area contributed by atoms with E-state index in [9.17, 15) is 13.6 Å². The lowest BCUT2D eigenvalue weighted by Gasteiger charge is -2.35. The maximum atomic E-state index is 12.8. The van der Waals surface area contributed by atoms with E-state index in [0.29, 0.717) is 29.9 Å². The number of carboxylic acid groups (broad SMARTS) is 1. The first-order valence-electron chi connectivity index (χ1n) is 9.23. The number of halogens is 2. The third-order valence-electron chi connectivity index (χ3n) is 5.73. The molecule has 2 aliphatic rings. The number of H-pyrrole nitrogens is 1. The van der Waals surface area contributed by atoms with E-state index in [4.69, 9.17) is 9.90 Å². The van der Waals surface area contributed by atoms with E-state index in [1.165, 1.54) is 29.5 Å². The number of nitrogens with one attached hydrogen (secondary N) is 1. The van der Waals surface area contributed by atoms with Crippen LogP contribution in [0.25, 0.3) is 11.0 Å². The molecule has 0 radical (unpaired) electrons. The van der Waals surface area contributed by atoms with Crippen molar-refractivity contribution in [2.75, 3.05) is 7.05 Å². The van der Waals surface area contributed by atoms with Gasteiger partial charge < -0.3 is 14.7 Å². The average molecular weight is 396 g/mol. The summed E-state index contributed by atoms with van der Waals surface area (Å²) in [5.41, 5.74) is 1.29. The Labute approximate surface area is 160 Å². The first kappa shape index (κ1) is 20.2. The molecule has 0 spiro atoms. The van der Waals surface area contributed by atoms with Crippen molar-refractivity contribution in [3.63, 3.8) is 0 Å². The largest absolute Gasteiger partial charge is 0.483 e. The van der Waals surface area contributed by atoms with Gasteiger partial charge in [-0.1, -0.05) is 0 Å². The molecule has 2 unspecified atom stereocenters. The number of hydrogen-bond donors (Lipinski definition) is 1. The lowest BCUT2D eigenvalue weighted by Crippen LogP contribution is -2.40. The summed E-state index contributed by atoms with van der Waals surface area (Å²) >= 11 is 0. The predicted molar refractivity (Wildman–Crippen MR) is 96.4 cm³/mol. The van der Waals surface area contributed by atoms with Gasteiger partial charge in [0.15, 0.2) is 11.0 Å². The molecule has 2 saturated heterocycles. The standard InChI is InChI=1S/C18H21F2N3O2.CH2O2/c1-22-12-2-3-13(22)7-11(6-12)8-17(24)23-10-21-15-5-4-14(9-16(15)23)25-18(19)20;2-1-3/h4-5,9-13,18H,2-3,6-8H2,1H3;1H,(H,2,3)/p+1. The average Bonchev–Trinajstić information content (AvgIpc) is 3.12. The van der Waals surface area contributed by atoms with Crippen molar-refractivity contribution in [2.45, 2.75) is 50.8 Å². The molecule has 3 heterocycles. The Morgan fingerprint density at radius 2 is 2.00 bits per heavy atom. The van der Waals surface area contributed by atoms with Gasteiger partial charge in [0.25, 0.3) is 6.47 Å². The van der Waals surface area contributed by atoms with Crippen LogP contribution in [0.5, 0.6) is 5.75 Å². The van der Waals surface area contributed by atoms with E-state index in [1.54, 1.807) is 12.4 Å². The van der Waals surface area contributed by atoms with Crippen LogP contribution in [0.4, 0.5) is 8.78 Å². The Bertz CT molecular complexity index is 828. The highest BCUT2D eigenvalue weighted by atomic mass is 19.3. The van der Waals surface area contributed by atoms with Gasteiger partial charge in [0, 0.05) is 18.2 Å². The maximum absolute atomic E-state index is 12.8. The Hall–Kier alpha value is -2.55. The number of carbonyl (C=O) groups is 2. The molecular formula is C19H24F2N3O4+. The first-order chi connectivity index (χ1) is 13.4. The van der Waals surface area contributed by atoms with Crippen molar-refractivity contribution in [1.29, 1.82) is 0 Å². The van der Waals surface area contributed by atoms with Crippen LogP contribution in [-0.4, -0.2) is 52.7 Å². The number of fused-ring (bicyclic) bond motifs is 3. The van der Waals surface area contributed by atoms with Crippen LogP contribution < -0.4 is 9.72 Å². The molecule has 28 heavy (non-hydrogen) atoms. The Morgan fingerprint density at radius 1 is 1.36 bits per heavy atom. The zero-order valence-corrected chi connectivity index (χ0v) is 15.6. The zero-order chi connectivity index (χ0) is 20.3. The van der Waals surface area contributed by atoms with Crippen molar-refractivity contribution < 1.29 is 33.2 Å². The molecule has 2 aliphatic heterocycles. The number of hydrogen-bond acceptors (Lipinski definition) is 4. The molecule has 7 nitrogen and oxygen atoms in total. The van der Waals surface area contributed by atoms with Crippen molar-refractivity contribution in [1.82, 2.24) is 9.47 Å². The fraction of sp³-hybridized carbons (Fsp3) is 0.526. The fourth-order valence-corrected chi connectivity index (χ4v) is 4.46. The number of nitrogens with zero attached hydrogens (tertiary/aromatic N) is 2. The number of ether oxygens (including phenoxy) is 1. The van der Waals surface area contributed by atoms with Crippen molar-refractivity contribution in [2.24, 2.45) is 5.92 Å². The Balaban J connectivity index is 0.000000706. The summed E-state index contributed by atoms with van der Waals surface area (Å²) in [4.78, 5) is 26.6. The van der Waals surface area contributed by atoms with Crippen LogP contribution in [-0.2, 0) is 4.79 Å². The smallest absolute Gasteiger partial charge is 0.387 e. The SMILES string of the molecule is CN1C2CCC1CC(CC(=O)n1c[nH+]c3ccc(OC(F)F)cc31)C2.O=CO. The van der Waals surface area contributed by atoms with Gasteiger partial charge in [-0.15, -0.1) is 0 Å². The molecular weight excluding hydrogens is 372 g/mol. The summed E-state index contributed by atoms with van der Waals surface area (Å²) in [6, 6.07) is 5.78. The predicted octanol–water partition coefficient (Wildman–Crippen LogP) is 2.66. The van der Waals surface area contributed by atoms with E-state index in [1.807, 2.05) is 0 Å². The highest BCUT2D eigenvalue weighted by molar-refractivity contribution is 5.89. The second kappa shape index (κ2) is 8.64. The molecule has 152 valence electrons. The number of piperidine rings is 1. The van der Waals surface area contributed by atoms with E-state index >= 15 is 0 Å². The number of benzene rings is 1. The van der Waals surface area contributed by atoms with Crippen molar-refractivity contribution >= 4 is 23.4 Å². The number of rotatable bonds is 4. The topological polar surface area (TPSA) is 85.9 Å². The molecule has 2 N–H and O–H groups in total. The third-order valence-corrected chi connectivity index (χ3v) is 5.73. The lowest BCUT2D eigenvalue weighted by atomic mass is 9.88.